The molecule has 1 nitrogen and oxygen atoms in total. The molecule has 0 N–H and O–H groups in total. The zero-order chi connectivity index (χ0) is 10.1. The van der Waals surface area contributed by atoms with Gasteiger partial charge in [0.2, 0.25) is 0 Å². The van der Waals surface area contributed by atoms with Gasteiger partial charge in [0.1, 0.15) is 0 Å². The molecule has 1 heterocycles. The Morgan fingerprint density at radius 1 is 1.64 bits per heavy atom. The molecule has 0 aromatic carbocycles. The van der Waals surface area contributed by atoms with Crippen LogP contribution in [0.3, 0.4) is 0 Å². The van der Waals surface area contributed by atoms with E-state index in [0.717, 1.165) is 13.6 Å². The molecule has 0 bridgehead atoms. The summed E-state index contributed by atoms with van der Waals surface area (Å²) in [5.41, 5.74) is 3.86. The van der Waals surface area contributed by atoms with Crippen LogP contribution in [0.1, 0.15) is 24.0 Å². The summed E-state index contributed by atoms with van der Waals surface area (Å²) in [7, 11) is 7.07. The van der Waals surface area contributed by atoms with Crippen molar-refractivity contribution in [3.05, 3.63) is 29.6 Å². The van der Waals surface area contributed by atoms with Crippen LogP contribution in [0.4, 0.5) is 0 Å². The Morgan fingerprint density at radius 3 is 3.07 bits per heavy atom. The number of hydrogen-bond acceptors (Lipinski definition) is 1. The molecule has 0 saturated carbocycles. The third-order valence-electron chi connectivity index (χ3n) is 2.95. The van der Waals surface area contributed by atoms with Crippen molar-refractivity contribution in [3.63, 3.8) is 0 Å². The maximum atomic E-state index is 4.22. The lowest BCUT2D eigenvalue weighted by Crippen LogP contribution is -2.04. The molecule has 0 fully saturated rings. The summed E-state index contributed by atoms with van der Waals surface area (Å²) >= 11 is 0. The molecule has 0 saturated heterocycles. The maximum absolute atomic E-state index is 4.22. The quantitative estimate of drug-likeness (QED) is 0.738. The van der Waals surface area contributed by atoms with Crippen LogP contribution < -0.4 is 0 Å². The third-order valence-corrected chi connectivity index (χ3v) is 14.3. The van der Waals surface area contributed by atoms with E-state index >= 15 is 0 Å². The van der Waals surface area contributed by atoms with E-state index < -0.39 is 0 Å². The molecule has 5 heteroatoms. The summed E-state index contributed by atoms with van der Waals surface area (Å²) in [5.74, 6) is 0.704. The largest absolute Gasteiger partial charge is 0.264 e. The van der Waals surface area contributed by atoms with E-state index in [4.69, 9.17) is 0 Å². The number of rotatable bonds is 2. The van der Waals surface area contributed by atoms with E-state index in [0.29, 0.717) is 5.92 Å². The van der Waals surface area contributed by atoms with Gasteiger partial charge in [-0.15, -0.1) is 17.9 Å². The Hall–Kier alpha value is 0.870. The van der Waals surface area contributed by atoms with Gasteiger partial charge in [0.25, 0.3) is 0 Å². The minimum Gasteiger partial charge on any atom is -0.264 e. The van der Waals surface area contributed by atoms with Crippen LogP contribution in [0.2, 0.25) is 0 Å². The second-order valence-electron chi connectivity index (χ2n) is 3.67. The number of nitrogens with zero attached hydrogens (tertiary/aromatic N) is 1. The molecule has 1 aromatic heterocycles. The van der Waals surface area contributed by atoms with Crippen molar-refractivity contribution >= 4 is 33.1 Å². The first-order valence-electron chi connectivity index (χ1n) is 4.67. The fraction of sp³-hybridized carbons (Fsp3) is 0.444. The van der Waals surface area contributed by atoms with E-state index in [2.05, 4.69) is 42.0 Å². The van der Waals surface area contributed by atoms with Crippen LogP contribution in [0.25, 0.3) is 0 Å². The average molecular weight is 261 g/mol. The molecule has 14 heavy (non-hydrogen) atoms. The first-order chi connectivity index (χ1) is 6.74. The molecule has 1 aliphatic rings. The Bertz CT molecular complexity index is 330. The number of fused-ring (bicyclic) bond motifs is 1. The number of aromatic nitrogens is 1. The van der Waals surface area contributed by atoms with Crippen molar-refractivity contribution in [2.24, 2.45) is 0 Å². The predicted molar refractivity (Wildman–Crippen MR) is 74.8 cm³/mol. The summed E-state index contributed by atoms with van der Waals surface area (Å²) in [6.07, 6.45) is 5.23. The van der Waals surface area contributed by atoms with Crippen molar-refractivity contribution in [1.29, 1.82) is 0 Å². The Labute approximate surface area is 92.9 Å². The van der Waals surface area contributed by atoms with E-state index in [-0.39, 0.29) is 7.30 Å². The van der Waals surface area contributed by atoms with E-state index in [1.165, 1.54) is 17.5 Å². The summed E-state index contributed by atoms with van der Waals surface area (Å²) in [6, 6.07) is 2.19. The molecule has 0 spiro atoms. The topological polar surface area (TPSA) is 12.9 Å². The number of pyridine rings is 1. The fourth-order valence-electron chi connectivity index (χ4n) is 2.08. The highest BCUT2D eigenvalue weighted by Gasteiger charge is 2.32. The van der Waals surface area contributed by atoms with Gasteiger partial charge in [0, 0.05) is 12.4 Å². The van der Waals surface area contributed by atoms with E-state index in [9.17, 15) is 0 Å². The second-order valence-corrected chi connectivity index (χ2v) is 13.3. The zero-order valence-corrected chi connectivity index (χ0v) is 12.3. The lowest BCUT2D eigenvalue weighted by Gasteiger charge is -2.22. The minimum atomic E-state index is 0.114. The lowest BCUT2D eigenvalue weighted by molar-refractivity contribution is 0.762. The van der Waals surface area contributed by atoms with Crippen molar-refractivity contribution in [1.82, 2.24) is 4.98 Å². The molecule has 0 radical (unpaired) electrons. The van der Waals surface area contributed by atoms with Crippen LogP contribution in [-0.2, 0) is 6.42 Å². The molecule has 0 amide bonds. The standard InChI is InChI=1S/C9H15NP4/c1-6-8-5-10-3-2-7(8)4-9(6)14(12)13-11/h2-3,5-6,9,13H,4,11-12H2,1H3/t6-,9-,14?/m0/s1. The first-order valence-corrected chi connectivity index (χ1v) is 11.3. The van der Waals surface area contributed by atoms with Gasteiger partial charge in [-0.3, -0.25) is 4.98 Å². The summed E-state index contributed by atoms with van der Waals surface area (Å²) < 4.78 is 0. The van der Waals surface area contributed by atoms with Gasteiger partial charge in [-0.2, -0.15) is 0 Å². The smallest absolute Gasteiger partial charge is 0.0305 e. The van der Waals surface area contributed by atoms with Crippen molar-refractivity contribution in [2.75, 3.05) is 0 Å². The second kappa shape index (κ2) is 4.80. The van der Waals surface area contributed by atoms with Crippen LogP contribution in [0.15, 0.2) is 18.5 Å². The lowest BCUT2D eigenvalue weighted by atomic mass is 10.1. The summed E-state index contributed by atoms with van der Waals surface area (Å²) in [5, 5.41) is 0. The van der Waals surface area contributed by atoms with Gasteiger partial charge >= 0.3 is 0 Å². The molecule has 1 aromatic rings. The zero-order valence-electron chi connectivity index (χ0n) is 8.14. The van der Waals surface area contributed by atoms with Gasteiger partial charge in [-0.1, -0.05) is 22.2 Å². The summed E-state index contributed by atoms with van der Waals surface area (Å²) in [4.78, 5) is 4.22. The van der Waals surface area contributed by atoms with Crippen LogP contribution in [0, 0.1) is 0 Å². The van der Waals surface area contributed by atoms with Gasteiger partial charge in [-0.25, -0.2) is 0 Å². The molecular weight excluding hydrogens is 246 g/mol. The average Bonchev–Trinajstić information content (AvgIpc) is 2.56. The Balaban J connectivity index is 2.25. The summed E-state index contributed by atoms with van der Waals surface area (Å²) in [6.45, 7) is 2.35. The normalized spacial score (nSPS) is 28.2. The van der Waals surface area contributed by atoms with Gasteiger partial charge in [0.05, 0.1) is 0 Å². The molecule has 76 valence electrons. The van der Waals surface area contributed by atoms with Crippen molar-refractivity contribution < 1.29 is 0 Å². The Morgan fingerprint density at radius 2 is 2.43 bits per heavy atom. The maximum Gasteiger partial charge on any atom is 0.0305 e. The highest BCUT2D eigenvalue weighted by atomic mass is 32.6. The first kappa shape index (κ1) is 11.4. The highest BCUT2D eigenvalue weighted by molar-refractivity contribution is 8.61. The third kappa shape index (κ3) is 2.03. The van der Waals surface area contributed by atoms with E-state index in [1.54, 1.807) is 0 Å². The molecular formula is C9H15NP4. The monoisotopic (exact) mass is 261 g/mol. The van der Waals surface area contributed by atoms with Crippen LogP contribution in [-0.4, -0.2) is 10.6 Å². The molecule has 2 rings (SSSR count). The Kier molecular flexibility index (Phi) is 3.90. The van der Waals surface area contributed by atoms with Crippen LogP contribution >= 0.6 is 33.1 Å². The minimum absolute atomic E-state index is 0.114. The van der Waals surface area contributed by atoms with Crippen molar-refractivity contribution in [2.45, 2.75) is 24.9 Å². The molecule has 1 aliphatic carbocycles. The molecule has 4 unspecified atom stereocenters. The van der Waals surface area contributed by atoms with E-state index in [1.807, 2.05) is 6.20 Å². The fourth-order valence-corrected chi connectivity index (χ4v) is 7.64. The highest BCUT2D eigenvalue weighted by Crippen LogP contribution is 2.72. The SMILES string of the molecule is C[C@H]1c2cnccc2C[C@@H]1P(P)PP. The van der Waals surface area contributed by atoms with Crippen LogP contribution in [0.5, 0.6) is 0 Å². The molecule has 6 atom stereocenters. The van der Waals surface area contributed by atoms with Gasteiger partial charge in [0.15, 0.2) is 0 Å². The molecule has 0 aliphatic heterocycles. The van der Waals surface area contributed by atoms with Gasteiger partial charge < -0.3 is 0 Å². The predicted octanol–water partition coefficient (Wildman–Crippen LogP) is 3.77. The van der Waals surface area contributed by atoms with Gasteiger partial charge in [-0.05, 0) is 35.2 Å². The number of hydrogen-bond donors (Lipinski definition) is 0. The van der Waals surface area contributed by atoms with Crippen molar-refractivity contribution in [3.8, 4) is 0 Å².